The molecule has 0 fully saturated rings. The lowest BCUT2D eigenvalue weighted by molar-refractivity contribution is -0.0257. The summed E-state index contributed by atoms with van der Waals surface area (Å²) in [5, 5.41) is 7.80. The van der Waals surface area contributed by atoms with Gasteiger partial charge in [0.25, 0.3) is 0 Å². The maximum absolute atomic E-state index is 11.5. The molecule has 5 heteroatoms. The lowest BCUT2D eigenvalue weighted by Gasteiger charge is -2.19. The molecule has 1 atom stereocenters. The number of hydrogen-bond donors (Lipinski definition) is 0. The molecule has 1 aliphatic heterocycles. The molecule has 0 aromatic heterocycles. The van der Waals surface area contributed by atoms with E-state index in [0.717, 1.165) is 11.3 Å². The summed E-state index contributed by atoms with van der Waals surface area (Å²) in [6, 6.07) is 7.34. The van der Waals surface area contributed by atoms with E-state index in [9.17, 15) is 4.79 Å². The van der Waals surface area contributed by atoms with Gasteiger partial charge in [0.1, 0.15) is 5.60 Å². The highest BCUT2D eigenvalue weighted by Crippen LogP contribution is 2.36. The van der Waals surface area contributed by atoms with Crippen LogP contribution in [0, 0.1) is 0 Å². The van der Waals surface area contributed by atoms with E-state index >= 15 is 0 Å². The van der Waals surface area contributed by atoms with E-state index in [1.807, 2.05) is 24.3 Å². The van der Waals surface area contributed by atoms with Crippen molar-refractivity contribution in [3.8, 4) is 0 Å². The standard InChI is InChI=1S/C12H14N2O3/c1-12(2,3)17-11(15)16-10-8-6-4-5-7-9(8)13-14-10/h4-7,10H,1-3H3. The number of carbonyl (C=O) groups is 1. The number of nitrogens with zero attached hydrogens (tertiary/aromatic N) is 2. The van der Waals surface area contributed by atoms with Gasteiger partial charge in [-0.1, -0.05) is 18.2 Å². The highest BCUT2D eigenvalue weighted by atomic mass is 16.7. The second kappa shape index (κ2) is 4.16. The van der Waals surface area contributed by atoms with Crippen molar-refractivity contribution >= 4 is 11.8 Å². The number of rotatable bonds is 1. The third-order valence-electron chi connectivity index (χ3n) is 2.07. The molecule has 1 aliphatic rings. The van der Waals surface area contributed by atoms with Crippen LogP contribution in [0.4, 0.5) is 10.5 Å². The van der Waals surface area contributed by atoms with Crippen LogP contribution in [0.1, 0.15) is 32.6 Å². The van der Waals surface area contributed by atoms with Crippen LogP contribution < -0.4 is 0 Å². The van der Waals surface area contributed by atoms with E-state index in [1.165, 1.54) is 0 Å². The molecular weight excluding hydrogens is 220 g/mol. The van der Waals surface area contributed by atoms with Crippen LogP contribution in [-0.2, 0) is 9.47 Å². The van der Waals surface area contributed by atoms with E-state index in [0.29, 0.717) is 0 Å². The lowest BCUT2D eigenvalue weighted by Crippen LogP contribution is -2.25. The van der Waals surface area contributed by atoms with Crippen LogP contribution in [0.5, 0.6) is 0 Å². The normalized spacial score (nSPS) is 17.7. The Morgan fingerprint density at radius 1 is 1.29 bits per heavy atom. The smallest absolute Gasteiger partial charge is 0.429 e. The summed E-state index contributed by atoms with van der Waals surface area (Å²) in [6.45, 7) is 5.33. The molecule has 1 aromatic rings. The Hall–Kier alpha value is -1.91. The van der Waals surface area contributed by atoms with Crippen LogP contribution in [0.2, 0.25) is 0 Å². The topological polar surface area (TPSA) is 60.2 Å². The molecule has 0 saturated heterocycles. The summed E-state index contributed by atoms with van der Waals surface area (Å²) in [6.07, 6.45) is -1.43. The Labute approximate surface area is 99.5 Å². The summed E-state index contributed by atoms with van der Waals surface area (Å²) >= 11 is 0. The molecule has 1 heterocycles. The van der Waals surface area contributed by atoms with E-state index in [-0.39, 0.29) is 0 Å². The molecule has 0 radical (unpaired) electrons. The van der Waals surface area contributed by atoms with Crippen LogP contribution >= 0.6 is 0 Å². The minimum Gasteiger partial charge on any atom is -0.429 e. The minimum absolute atomic E-state index is 0.577. The van der Waals surface area contributed by atoms with Crippen molar-refractivity contribution in [3.05, 3.63) is 29.8 Å². The average molecular weight is 234 g/mol. The van der Waals surface area contributed by atoms with Crippen molar-refractivity contribution in [3.63, 3.8) is 0 Å². The fourth-order valence-electron chi connectivity index (χ4n) is 1.42. The van der Waals surface area contributed by atoms with Crippen molar-refractivity contribution < 1.29 is 14.3 Å². The maximum Gasteiger partial charge on any atom is 0.511 e. The summed E-state index contributed by atoms with van der Waals surface area (Å²) in [5.74, 6) is 0. The van der Waals surface area contributed by atoms with Gasteiger partial charge in [-0.3, -0.25) is 0 Å². The molecule has 90 valence electrons. The largest absolute Gasteiger partial charge is 0.511 e. The maximum atomic E-state index is 11.5. The highest BCUT2D eigenvalue weighted by Gasteiger charge is 2.26. The van der Waals surface area contributed by atoms with Gasteiger partial charge in [0.05, 0.1) is 5.69 Å². The number of hydrogen-bond acceptors (Lipinski definition) is 5. The molecule has 0 spiro atoms. The molecule has 2 rings (SSSR count). The van der Waals surface area contributed by atoms with Gasteiger partial charge in [-0.15, -0.1) is 5.11 Å². The third-order valence-corrected chi connectivity index (χ3v) is 2.07. The molecule has 0 N–H and O–H groups in total. The highest BCUT2D eigenvalue weighted by molar-refractivity contribution is 5.62. The number of azo groups is 1. The number of carbonyl (C=O) groups excluding carboxylic acids is 1. The fraction of sp³-hybridized carbons (Fsp3) is 0.417. The predicted molar refractivity (Wildman–Crippen MR) is 61.0 cm³/mol. The first-order valence-electron chi connectivity index (χ1n) is 5.35. The Morgan fingerprint density at radius 3 is 2.71 bits per heavy atom. The van der Waals surface area contributed by atoms with Crippen LogP contribution in [0.15, 0.2) is 34.5 Å². The van der Waals surface area contributed by atoms with Gasteiger partial charge in [0.15, 0.2) is 0 Å². The molecule has 5 nitrogen and oxygen atoms in total. The summed E-state index contributed by atoms with van der Waals surface area (Å²) < 4.78 is 10.1. The van der Waals surface area contributed by atoms with Crippen molar-refractivity contribution in [2.24, 2.45) is 10.2 Å². The van der Waals surface area contributed by atoms with E-state index in [4.69, 9.17) is 9.47 Å². The van der Waals surface area contributed by atoms with E-state index in [1.54, 1.807) is 20.8 Å². The van der Waals surface area contributed by atoms with E-state index in [2.05, 4.69) is 10.2 Å². The molecule has 0 amide bonds. The molecule has 1 unspecified atom stereocenters. The number of fused-ring (bicyclic) bond motifs is 1. The lowest BCUT2D eigenvalue weighted by atomic mass is 10.2. The van der Waals surface area contributed by atoms with Crippen LogP contribution in [0.3, 0.4) is 0 Å². The van der Waals surface area contributed by atoms with Crippen molar-refractivity contribution in [2.75, 3.05) is 0 Å². The van der Waals surface area contributed by atoms with Gasteiger partial charge in [0.2, 0.25) is 6.23 Å². The minimum atomic E-state index is -0.738. The molecule has 0 aliphatic carbocycles. The van der Waals surface area contributed by atoms with Gasteiger partial charge >= 0.3 is 6.16 Å². The second-order valence-electron chi connectivity index (χ2n) is 4.71. The molecule has 1 aromatic carbocycles. The Kier molecular flexibility index (Phi) is 2.83. The van der Waals surface area contributed by atoms with Gasteiger partial charge < -0.3 is 9.47 Å². The molecular formula is C12H14N2O3. The van der Waals surface area contributed by atoms with Gasteiger partial charge in [0, 0.05) is 5.56 Å². The van der Waals surface area contributed by atoms with Gasteiger partial charge in [-0.05, 0) is 26.8 Å². The molecule has 17 heavy (non-hydrogen) atoms. The Balaban J connectivity index is 2.03. The fourth-order valence-corrected chi connectivity index (χ4v) is 1.42. The summed E-state index contributed by atoms with van der Waals surface area (Å²) in [5.41, 5.74) is 0.922. The van der Waals surface area contributed by atoms with Crippen molar-refractivity contribution in [2.45, 2.75) is 32.6 Å². The SMILES string of the molecule is CC(C)(C)OC(=O)OC1N=Nc2ccccc21. The average Bonchev–Trinajstić information content (AvgIpc) is 2.59. The summed E-state index contributed by atoms with van der Waals surface area (Å²) in [7, 11) is 0. The Bertz CT molecular complexity index is 463. The molecule has 0 bridgehead atoms. The van der Waals surface area contributed by atoms with Gasteiger partial charge in [-0.2, -0.15) is 5.11 Å². The number of benzene rings is 1. The predicted octanol–water partition coefficient (Wildman–Crippen LogP) is 3.73. The van der Waals surface area contributed by atoms with Crippen molar-refractivity contribution in [1.82, 2.24) is 0 Å². The quantitative estimate of drug-likeness (QED) is 0.695. The monoisotopic (exact) mass is 234 g/mol. The zero-order chi connectivity index (χ0) is 12.5. The summed E-state index contributed by atoms with van der Waals surface area (Å²) in [4.78, 5) is 11.5. The first-order chi connectivity index (χ1) is 7.96. The first-order valence-corrected chi connectivity index (χ1v) is 5.35. The van der Waals surface area contributed by atoms with E-state index < -0.39 is 18.0 Å². The first kappa shape index (κ1) is 11.6. The second-order valence-corrected chi connectivity index (χ2v) is 4.71. The van der Waals surface area contributed by atoms with Crippen LogP contribution in [0.25, 0.3) is 0 Å². The Morgan fingerprint density at radius 2 is 2.00 bits per heavy atom. The van der Waals surface area contributed by atoms with Crippen LogP contribution in [-0.4, -0.2) is 11.8 Å². The number of ether oxygens (including phenoxy) is 2. The zero-order valence-electron chi connectivity index (χ0n) is 10.0. The zero-order valence-corrected chi connectivity index (χ0v) is 10.0. The van der Waals surface area contributed by atoms with Gasteiger partial charge in [-0.25, -0.2) is 4.79 Å². The van der Waals surface area contributed by atoms with Crippen molar-refractivity contribution in [1.29, 1.82) is 0 Å². The molecule has 0 saturated carbocycles. The third kappa shape index (κ3) is 2.81.